The standard InChI is InChI=1S/C19H12N2O3S/c1-23-18(22)13-10-21-14-7-6-12(9-17(14)25-19(21)20-13)16-8-11-4-2-3-5-15(11)24-16/h2-10H,1H3. The van der Waals surface area contributed by atoms with Crippen molar-refractivity contribution in [3.8, 4) is 11.3 Å². The Balaban J connectivity index is 1.65. The lowest BCUT2D eigenvalue weighted by Gasteiger charge is -1.97. The van der Waals surface area contributed by atoms with E-state index >= 15 is 0 Å². The normalized spacial score (nSPS) is 11.6. The first kappa shape index (κ1) is 14.2. The highest BCUT2D eigenvalue weighted by Crippen LogP contribution is 2.33. The van der Waals surface area contributed by atoms with Gasteiger partial charge in [0.15, 0.2) is 10.7 Å². The fourth-order valence-electron chi connectivity index (χ4n) is 2.98. The van der Waals surface area contributed by atoms with Crippen LogP contribution in [0.1, 0.15) is 10.5 Å². The first-order chi connectivity index (χ1) is 12.2. The molecule has 5 rings (SSSR count). The van der Waals surface area contributed by atoms with Crippen molar-refractivity contribution in [2.24, 2.45) is 0 Å². The van der Waals surface area contributed by atoms with E-state index in [1.807, 2.05) is 46.9 Å². The summed E-state index contributed by atoms with van der Waals surface area (Å²) in [7, 11) is 1.35. The maximum atomic E-state index is 11.6. The molecule has 5 nitrogen and oxygen atoms in total. The van der Waals surface area contributed by atoms with Crippen LogP contribution in [0.5, 0.6) is 0 Å². The third-order valence-electron chi connectivity index (χ3n) is 4.20. The van der Waals surface area contributed by atoms with Gasteiger partial charge in [-0.05, 0) is 30.3 Å². The number of aromatic nitrogens is 2. The molecule has 0 N–H and O–H groups in total. The predicted octanol–water partition coefficient (Wildman–Crippen LogP) is 4.75. The molecule has 5 aromatic rings. The minimum atomic E-state index is -0.428. The summed E-state index contributed by atoms with van der Waals surface area (Å²) in [6, 6.07) is 16.1. The van der Waals surface area contributed by atoms with E-state index < -0.39 is 5.97 Å². The molecule has 3 heterocycles. The molecule has 0 saturated heterocycles. The molecule has 6 heteroatoms. The highest BCUT2D eigenvalue weighted by Gasteiger charge is 2.15. The van der Waals surface area contributed by atoms with Crippen LogP contribution in [0.2, 0.25) is 0 Å². The monoisotopic (exact) mass is 348 g/mol. The molecule has 0 aliphatic rings. The van der Waals surface area contributed by atoms with Gasteiger partial charge in [0.05, 0.1) is 17.3 Å². The molecule has 0 aliphatic heterocycles. The fraction of sp³-hybridized carbons (Fsp3) is 0.0526. The predicted molar refractivity (Wildman–Crippen MR) is 97.1 cm³/mol. The maximum absolute atomic E-state index is 11.6. The third-order valence-corrected chi connectivity index (χ3v) is 5.22. The van der Waals surface area contributed by atoms with Crippen LogP contribution < -0.4 is 0 Å². The summed E-state index contributed by atoms with van der Waals surface area (Å²) in [4.78, 5) is 16.7. The molecule has 2 aromatic carbocycles. The number of esters is 1. The number of ether oxygens (including phenoxy) is 1. The number of imidazole rings is 1. The van der Waals surface area contributed by atoms with Crippen LogP contribution in [0.15, 0.2) is 59.1 Å². The van der Waals surface area contributed by atoms with Gasteiger partial charge in [-0.15, -0.1) is 0 Å². The van der Waals surface area contributed by atoms with Gasteiger partial charge in [-0.25, -0.2) is 9.78 Å². The Hall–Kier alpha value is -3.12. The molecule has 0 fully saturated rings. The molecular weight excluding hydrogens is 336 g/mol. The Bertz CT molecular complexity index is 1230. The smallest absolute Gasteiger partial charge is 0.358 e. The molecular formula is C19H12N2O3S. The van der Waals surface area contributed by atoms with Crippen LogP contribution >= 0.6 is 11.3 Å². The topological polar surface area (TPSA) is 56.7 Å². The Morgan fingerprint density at radius 1 is 1.20 bits per heavy atom. The van der Waals surface area contributed by atoms with E-state index in [9.17, 15) is 4.79 Å². The average molecular weight is 348 g/mol. The zero-order valence-electron chi connectivity index (χ0n) is 13.2. The summed E-state index contributed by atoms with van der Waals surface area (Å²) in [6.45, 7) is 0. The highest BCUT2D eigenvalue weighted by molar-refractivity contribution is 7.23. The number of para-hydroxylation sites is 1. The lowest BCUT2D eigenvalue weighted by molar-refractivity contribution is 0.0595. The molecule has 0 saturated carbocycles. The van der Waals surface area contributed by atoms with Crippen LogP contribution in [0.3, 0.4) is 0 Å². The van der Waals surface area contributed by atoms with Crippen molar-refractivity contribution in [3.63, 3.8) is 0 Å². The molecule has 25 heavy (non-hydrogen) atoms. The van der Waals surface area contributed by atoms with Crippen molar-refractivity contribution in [2.75, 3.05) is 7.11 Å². The summed E-state index contributed by atoms with van der Waals surface area (Å²) >= 11 is 1.53. The van der Waals surface area contributed by atoms with Crippen molar-refractivity contribution in [1.29, 1.82) is 0 Å². The number of furan rings is 1. The van der Waals surface area contributed by atoms with E-state index in [0.717, 1.165) is 37.5 Å². The Morgan fingerprint density at radius 2 is 2.08 bits per heavy atom. The zero-order chi connectivity index (χ0) is 17.0. The van der Waals surface area contributed by atoms with E-state index in [1.165, 1.54) is 18.4 Å². The first-order valence-corrected chi connectivity index (χ1v) is 8.53. The first-order valence-electron chi connectivity index (χ1n) is 7.72. The number of rotatable bonds is 2. The van der Waals surface area contributed by atoms with Gasteiger partial charge in [0, 0.05) is 17.1 Å². The van der Waals surface area contributed by atoms with E-state index in [1.54, 1.807) is 6.20 Å². The van der Waals surface area contributed by atoms with Gasteiger partial charge >= 0.3 is 5.97 Å². The Labute approximate surface area is 146 Å². The van der Waals surface area contributed by atoms with Crippen LogP contribution in [0.25, 0.3) is 37.5 Å². The minimum Gasteiger partial charge on any atom is -0.464 e. The number of carbonyl (C=O) groups is 1. The zero-order valence-corrected chi connectivity index (χ0v) is 14.0. The van der Waals surface area contributed by atoms with Crippen molar-refractivity contribution >= 4 is 43.5 Å². The number of methoxy groups -OCH3 is 1. The largest absolute Gasteiger partial charge is 0.464 e. The number of carbonyl (C=O) groups excluding carboxylic acids is 1. The molecule has 0 amide bonds. The number of hydrogen-bond acceptors (Lipinski definition) is 5. The van der Waals surface area contributed by atoms with Gasteiger partial charge in [0.1, 0.15) is 11.3 Å². The lowest BCUT2D eigenvalue weighted by atomic mass is 10.1. The van der Waals surface area contributed by atoms with Crippen LogP contribution in [-0.2, 0) is 4.74 Å². The fourth-order valence-corrected chi connectivity index (χ4v) is 4.03. The summed E-state index contributed by atoms with van der Waals surface area (Å²) in [6.07, 6.45) is 1.71. The van der Waals surface area contributed by atoms with Crippen LogP contribution in [0, 0.1) is 0 Å². The molecule has 0 radical (unpaired) electrons. The van der Waals surface area contributed by atoms with E-state index in [-0.39, 0.29) is 0 Å². The second-order valence-electron chi connectivity index (χ2n) is 5.70. The SMILES string of the molecule is COC(=O)c1cn2c(n1)sc1cc(-c3cc4ccccc4o3)ccc12. The number of nitrogens with zero attached hydrogens (tertiary/aromatic N) is 2. The minimum absolute atomic E-state index is 0.317. The van der Waals surface area contributed by atoms with Crippen LogP contribution in [0.4, 0.5) is 0 Å². The van der Waals surface area contributed by atoms with E-state index in [2.05, 4.69) is 11.1 Å². The number of hydrogen-bond donors (Lipinski definition) is 0. The van der Waals surface area contributed by atoms with Crippen molar-refractivity contribution < 1.29 is 13.9 Å². The molecule has 0 aliphatic carbocycles. The molecule has 0 bridgehead atoms. The van der Waals surface area contributed by atoms with Crippen molar-refractivity contribution in [2.45, 2.75) is 0 Å². The van der Waals surface area contributed by atoms with Crippen molar-refractivity contribution in [3.05, 3.63) is 60.4 Å². The summed E-state index contributed by atoms with van der Waals surface area (Å²) in [5.41, 5.74) is 3.21. The molecule has 0 spiro atoms. The molecule has 0 atom stereocenters. The second-order valence-corrected chi connectivity index (χ2v) is 6.71. The maximum Gasteiger partial charge on any atom is 0.358 e. The average Bonchev–Trinajstić information content (AvgIpc) is 3.32. The van der Waals surface area contributed by atoms with Crippen LogP contribution in [-0.4, -0.2) is 22.5 Å². The molecule has 122 valence electrons. The van der Waals surface area contributed by atoms with Gasteiger partial charge in [-0.3, -0.25) is 4.40 Å². The Kier molecular flexibility index (Phi) is 2.96. The van der Waals surface area contributed by atoms with Gasteiger partial charge < -0.3 is 9.15 Å². The van der Waals surface area contributed by atoms with Gasteiger partial charge in [0.25, 0.3) is 0 Å². The lowest BCUT2D eigenvalue weighted by Crippen LogP contribution is -2.00. The van der Waals surface area contributed by atoms with Gasteiger partial charge in [-0.2, -0.15) is 0 Å². The van der Waals surface area contributed by atoms with Crippen molar-refractivity contribution in [1.82, 2.24) is 9.38 Å². The Morgan fingerprint density at radius 3 is 2.92 bits per heavy atom. The highest BCUT2D eigenvalue weighted by atomic mass is 32.1. The summed E-state index contributed by atoms with van der Waals surface area (Å²) in [5.74, 6) is 0.410. The van der Waals surface area contributed by atoms with E-state index in [0.29, 0.717) is 5.69 Å². The summed E-state index contributed by atoms with van der Waals surface area (Å²) in [5, 5.41) is 1.08. The molecule has 0 unspecified atom stereocenters. The number of benzene rings is 2. The third kappa shape index (κ3) is 2.15. The van der Waals surface area contributed by atoms with Gasteiger partial charge in [0.2, 0.25) is 0 Å². The summed E-state index contributed by atoms with van der Waals surface area (Å²) < 4.78 is 13.7. The van der Waals surface area contributed by atoms with Gasteiger partial charge in [-0.1, -0.05) is 29.5 Å². The molecule has 3 aromatic heterocycles. The number of thiazole rings is 1. The van der Waals surface area contributed by atoms with E-state index in [4.69, 9.17) is 9.15 Å². The quantitative estimate of drug-likeness (QED) is 0.432. The number of fused-ring (bicyclic) bond motifs is 4. The second kappa shape index (κ2) is 5.19.